The topological polar surface area (TPSA) is 69.7 Å². The lowest BCUT2D eigenvalue weighted by Crippen LogP contribution is -2.55. The second kappa shape index (κ2) is 8.82. The summed E-state index contributed by atoms with van der Waals surface area (Å²) >= 11 is 0. The van der Waals surface area contributed by atoms with Crippen LogP contribution in [0.5, 0.6) is 0 Å². The first-order valence-corrected chi connectivity index (χ1v) is 12.7. The summed E-state index contributed by atoms with van der Waals surface area (Å²) in [6, 6.07) is 26.7. The fourth-order valence-electron chi connectivity index (χ4n) is 6.40. The maximum absolute atomic E-state index is 14.3. The van der Waals surface area contributed by atoms with Crippen molar-refractivity contribution in [2.24, 2.45) is 11.8 Å². The summed E-state index contributed by atoms with van der Waals surface area (Å²) in [7, 11) is 0. The van der Waals surface area contributed by atoms with Gasteiger partial charge in [0.1, 0.15) is 5.54 Å². The third kappa shape index (κ3) is 3.55. The second-order valence-electron chi connectivity index (χ2n) is 10.4. The molecule has 3 aliphatic rings. The van der Waals surface area contributed by atoms with Crippen molar-refractivity contribution in [2.75, 3.05) is 11.4 Å². The Morgan fingerprint density at radius 3 is 2.14 bits per heavy atom. The highest BCUT2D eigenvalue weighted by atomic mass is 16.2. The van der Waals surface area contributed by atoms with Crippen LogP contribution in [0.25, 0.3) is 0 Å². The summed E-state index contributed by atoms with van der Waals surface area (Å²) in [5, 5.41) is 3.58. The molecular weight excluding hydrogens is 462 g/mol. The van der Waals surface area contributed by atoms with Gasteiger partial charge in [-0.15, -0.1) is 0 Å². The lowest BCUT2D eigenvalue weighted by atomic mass is 9.76. The van der Waals surface area contributed by atoms with Gasteiger partial charge in [-0.1, -0.05) is 91.0 Å². The summed E-state index contributed by atoms with van der Waals surface area (Å²) in [5.74, 6) is -2.15. The summed E-state index contributed by atoms with van der Waals surface area (Å²) < 4.78 is 0. The molecule has 0 aromatic heterocycles. The van der Waals surface area contributed by atoms with Gasteiger partial charge in [-0.05, 0) is 30.5 Å². The standard InChI is InChI=1S/C31H29N3O3/c1-20(2)18-33-25-16-10-9-15-23(25)31(30(33)37)27-26(24(32-31)17-21-11-5-3-6-12-21)28(35)34(29(27)36)19-22-13-7-4-8-14-22/h3-16,24,26-27,32H,1,17-19H2,2H3/t24-,26+,27+,31+/m1/s1. The predicted octanol–water partition coefficient (Wildman–Crippen LogP) is 3.82. The van der Waals surface area contributed by atoms with Crippen molar-refractivity contribution >= 4 is 23.4 Å². The summed E-state index contributed by atoms with van der Waals surface area (Å²) in [5.41, 5.74) is 3.00. The number of likely N-dealkylation sites (tertiary alicyclic amines) is 1. The Hall–Kier alpha value is -4.03. The van der Waals surface area contributed by atoms with Crippen LogP contribution in [0.15, 0.2) is 97.1 Å². The van der Waals surface area contributed by atoms with E-state index in [1.165, 1.54) is 4.90 Å². The van der Waals surface area contributed by atoms with Crippen molar-refractivity contribution in [3.05, 3.63) is 114 Å². The zero-order valence-corrected chi connectivity index (χ0v) is 20.8. The number of benzene rings is 3. The maximum Gasteiger partial charge on any atom is 0.253 e. The summed E-state index contributed by atoms with van der Waals surface area (Å²) in [4.78, 5) is 45.5. The van der Waals surface area contributed by atoms with E-state index in [1.54, 1.807) is 4.90 Å². The zero-order chi connectivity index (χ0) is 25.7. The van der Waals surface area contributed by atoms with Crippen LogP contribution in [0, 0.1) is 11.8 Å². The quantitative estimate of drug-likeness (QED) is 0.421. The van der Waals surface area contributed by atoms with E-state index in [9.17, 15) is 14.4 Å². The van der Waals surface area contributed by atoms with E-state index >= 15 is 0 Å². The average molecular weight is 492 g/mol. The molecule has 6 heteroatoms. The van der Waals surface area contributed by atoms with Gasteiger partial charge in [-0.2, -0.15) is 0 Å². The Balaban J connectivity index is 1.47. The normalized spacial score (nSPS) is 26.2. The van der Waals surface area contributed by atoms with E-state index < -0.39 is 17.4 Å². The fraction of sp³-hybridized carbons (Fsp3) is 0.258. The molecule has 0 aliphatic carbocycles. The average Bonchev–Trinajstić information content (AvgIpc) is 3.45. The lowest BCUT2D eigenvalue weighted by Gasteiger charge is -2.31. The molecule has 1 N–H and O–H groups in total. The number of carbonyl (C=O) groups excluding carboxylic acids is 3. The largest absolute Gasteiger partial charge is 0.306 e. The van der Waals surface area contributed by atoms with Gasteiger partial charge in [0.25, 0.3) is 5.91 Å². The molecule has 3 heterocycles. The van der Waals surface area contributed by atoms with Crippen LogP contribution in [0.3, 0.4) is 0 Å². The van der Waals surface area contributed by atoms with E-state index in [1.807, 2.05) is 91.9 Å². The number of carbonyl (C=O) groups is 3. The van der Waals surface area contributed by atoms with Gasteiger partial charge in [-0.25, -0.2) is 0 Å². The number of nitrogens with one attached hydrogen (secondary N) is 1. The van der Waals surface area contributed by atoms with E-state index in [4.69, 9.17) is 0 Å². The van der Waals surface area contributed by atoms with Crippen LogP contribution in [-0.2, 0) is 32.9 Å². The minimum absolute atomic E-state index is 0.190. The molecule has 6 rings (SSSR count). The van der Waals surface area contributed by atoms with Crippen LogP contribution in [0.2, 0.25) is 0 Å². The van der Waals surface area contributed by atoms with Gasteiger partial charge >= 0.3 is 0 Å². The first kappa shape index (κ1) is 23.4. The number of amides is 3. The van der Waals surface area contributed by atoms with Crippen molar-refractivity contribution in [1.29, 1.82) is 0 Å². The SMILES string of the molecule is C=C(C)CN1C(=O)[C@]2(N[C@H](Cc3ccccc3)[C@@H]3C(=O)N(Cc4ccccc4)C(=O)[C@H]32)c2ccccc21. The molecule has 3 aliphatic heterocycles. The van der Waals surface area contributed by atoms with E-state index in [0.29, 0.717) is 13.0 Å². The maximum atomic E-state index is 14.3. The molecule has 37 heavy (non-hydrogen) atoms. The second-order valence-corrected chi connectivity index (χ2v) is 10.4. The fourth-order valence-corrected chi connectivity index (χ4v) is 6.40. The number of hydrogen-bond acceptors (Lipinski definition) is 4. The molecule has 6 nitrogen and oxygen atoms in total. The number of anilines is 1. The number of para-hydroxylation sites is 1. The monoisotopic (exact) mass is 491 g/mol. The molecule has 0 unspecified atom stereocenters. The number of rotatable bonds is 6. The molecule has 0 bridgehead atoms. The van der Waals surface area contributed by atoms with Crippen LogP contribution < -0.4 is 10.2 Å². The Morgan fingerprint density at radius 2 is 1.46 bits per heavy atom. The third-order valence-corrected chi connectivity index (χ3v) is 7.87. The van der Waals surface area contributed by atoms with Gasteiger partial charge in [0.2, 0.25) is 11.8 Å². The summed E-state index contributed by atoms with van der Waals surface area (Å²) in [6.45, 7) is 6.46. The molecule has 0 saturated carbocycles. The molecule has 186 valence electrons. The summed E-state index contributed by atoms with van der Waals surface area (Å²) in [6.07, 6.45) is 0.540. The van der Waals surface area contributed by atoms with Crippen LogP contribution in [-0.4, -0.2) is 35.2 Å². The zero-order valence-electron chi connectivity index (χ0n) is 20.8. The van der Waals surface area contributed by atoms with Gasteiger partial charge < -0.3 is 4.90 Å². The van der Waals surface area contributed by atoms with Gasteiger partial charge in [0, 0.05) is 23.8 Å². The highest BCUT2D eigenvalue weighted by molar-refractivity contribution is 6.16. The smallest absolute Gasteiger partial charge is 0.253 e. The molecule has 3 aromatic carbocycles. The Morgan fingerprint density at radius 1 is 0.838 bits per heavy atom. The first-order chi connectivity index (χ1) is 17.9. The molecule has 3 amide bonds. The van der Waals surface area contributed by atoms with Gasteiger partial charge in [0.05, 0.1) is 18.4 Å². The number of hydrogen-bond donors (Lipinski definition) is 1. The van der Waals surface area contributed by atoms with Crippen molar-refractivity contribution in [3.8, 4) is 0 Å². The Labute approximate surface area is 216 Å². The van der Waals surface area contributed by atoms with Crippen molar-refractivity contribution in [1.82, 2.24) is 10.2 Å². The predicted molar refractivity (Wildman–Crippen MR) is 141 cm³/mol. The van der Waals surface area contributed by atoms with Crippen molar-refractivity contribution in [3.63, 3.8) is 0 Å². The van der Waals surface area contributed by atoms with Crippen LogP contribution >= 0.6 is 0 Å². The van der Waals surface area contributed by atoms with Gasteiger partial charge in [-0.3, -0.25) is 24.6 Å². The van der Waals surface area contributed by atoms with Gasteiger partial charge in [0.15, 0.2) is 0 Å². The van der Waals surface area contributed by atoms with Crippen LogP contribution in [0.4, 0.5) is 5.69 Å². The number of fused-ring (bicyclic) bond motifs is 4. The molecule has 2 fully saturated rings. The highest BCUT2D eigenvalue weighted by Crippen LogP contribution is 2.55. The molecular formula is C31H29N3O3. The number of imide groups is 1. The third-order valence-electron chi connectivity index (χ3n) is 7.87. The molecule has 4 atom stereocenters. The Bertz CT molecular complexity index is 1400. The molecule has 2 saturated heterocycles. The van der Waals surface area contributed by atoms with E-state index in [0.717, 1.165) is 28.0 Å². The van der Waals surface area contributed by atoms with Crippen molar-refractivity contribution < 1.29 is 14.4 Å². The van der Waals surface area contributed by atoms with E-state index in [2.05, 4.69) is 11.9 Å². The van der Waals surface area contributed by atoms with E-state index in [-0.39, 0.29) is 30.3 Å². The molecule has 1 spiro atoms. The minimum atomic E-state index is -1.30. The molecule has 0 radical (unpaired) electrons. The minimum Gasteiger partial charge on any atom is -0.306 e. The Kier molecular flexibility index (Phi) is 5.57. The first-order valence-electron chi connectivity index (χ1n) is 12.7. The lowest BCUT2D eigenvalue weighted by molar-refractivity contribution is -0.143. The van der Waals surface area contributed by atoms with Crippen LogP contribution in [0.1, 0.15) is 23.6 Å². The van der Waals surface area contributed by atoms with Crippen molar-refractivity contribution in [2.45, 2.75) is 31.5 Å². The highest BCUT2D eigenvalue weighted by Gasteiger charge is 2.71. The number of nitrogens with zero attached hydrogens (tertiary/aromatic N) is 2. The molecule has 3 aromatic rings.